The van der Waals surface area contributed by atoms with Crippen LogP contribution < -0.4 is 5.73 Å². The van der Waals surface area contributed by atoms with E-state index >= 15 is 0 Å². The van der Waals surface area contributed by atoms with Crippen LogP contribution in [0.2, 0.25) is 0 Å². The summed E-state index contributed by atoms with van der Waals surface area (Å²) in [6.45, 7) is 0. The zero-order valence-corrected chi connectivity index (χ0v) is 9.27. The minimum absolute atomic E-state index is 0.502. The highest BCUT2D eigenvalue weighted by Crippen LogP contribution is 2.27. The SMILES string of the molecule is N#CC(N)c1nncc2cccc(Br)c12. The molecule has 0 aliphatic carbocycles. The summed E-state index contributed by atoms with van der Waals surface area (Å²) in [7, 11) is 0. The van der Waals surface area contributed by atoms with Crippen LogP contribution in [0.5, 0.6) is 0 Å². The van der Waals surface area contributed by atoms with Crippen LogP contribution in [0.25, 0.3) is 10.8 Å². The van der Waals surface area contributed by atoms with Crippen molar-refractivity contribution in [3.8, 4) is 6.07 Å². The summed E-state index contributed by atoms with van der Waals surface area (Å²) in [5.41, 5.74) is 6.15. The van der Waals surface area contributed by atoms with Crippen LogP contribution in [0.1, 0.15) is 11.7 Å². The van der Waals surface area contributed by atoms with Gasteiger partial charge in [-0.1, -0.05) is 28.1 Å². The van der Waals surface area contributed by atoms with Gasteiger partial charge in [0.1, 0.15) is 11.7 Å². The van der Waals surface area contributed by atoms with E-state index in [0.29, 0.717) is 5.69 Å². The highest BCUT2D eigenvalue weighted by Gasteiger charge is 2.13. The van der Waals surface area contributed by atoms with Gasteiger partial charge in [0.05, 0.1) is 12.3 Å². The quantitative estimate of drug-likeness (QED) is 0.852. The van der Waals surface area contributed by atoms with Gasteiger partial charge in [0, 0.05) is 15.2 Å². The van der Waals surface area contributed by atoms with E-state index in [1.165, 1.54) is 0 Å². The fourth-order valence-corrected chi connectivity index (χ4v) is 1.99. The Morgan fingerprint density at radius 3 is 3.00 bits per heavy atom. The normalized spacial score (nSPS) is 12.3. The fraction of sp³-hybridized carbons (Fsp3) is 0.100. The molecule has 1 heterocycles. The van der Waals surface area contributed by atoms with E-state index in [0.717, 1.165) is 15.2 Å². The Morgan fingerprint density at radius 1 is 1.47 bits per heavy atom. The van der Waals surface area contributed by atoms with Gasteiger partial charge in [0.15, 0.2) is 0 Å². The van der Waals surface area contributed by atoms with Crippen molar-refractivity contribution in [2.75, 3.05) is 0 Å². The van der Waals surface area contributed by atoms with Crippen molar-refractivity contribution in [3.05, 3.63) is 34.6 Å². The summed E-state index contributed by atoms with van der Waals surface area (Å²) in [4.78, 5) is 0. The minimum Gasteiger partial charge on any atom is -0.311 e. The van der Waals surface area contributed by atoms with Crippen molar-refractivity contribution in [2.45, 2.75) is 6.04 Å². The number of rotatable bonds is 1. The first-order valence-electron chi connectivity index (χ1n) is 4.29. The molecule has 5 heteroatoms. The molecule has 1 unspecified atom stereocenters. The number of nitriles is 1. The molecule has 0 aliphatic heterocycles. The molecule has 0 saturated heterocycles. The monoisotopic (exact) mass is 262 g/mol. The van der Waals surface area contributed by atoms with Crippen LogP contribution >= 0.6 is 15.9 Å². The number of fused-ring (bicyclic) bond motifs is 1. The summed E-state index contributed by atoms with van der Waals surface area (Å²) >= 11 is 3.41. The summed E-state index contributed by atoms with van der Waals surface area (Å²) < 4.78 is 0.871. The second-order valence-electron chi connectivity index (χ2n) is 3.04. The van der Waals surface area contributed by atoms with E-state index in [-0.39, 0.29) is 0 Å². The zero-order valence-electron chi connectivity index (χ0n) is 7.68. The molecule has 4 nitrogen and oxygen atoms in total. The first-order valence-corrected chi connectivity index (χ1v) is 5.08. The second kappa shape index (κ2) is 3.93. The summed E-state index contributed by atoms with van der Waals surface area (Å²) in [6.07, 6.45) is 1.65. The van der Waals surface area contributed by atoms with Crippen LogP contribution in [0.3, 0.4) is 0 Å². The maximum Gasteiger partial charge on any atom is 0.138 e. The second-order valence-corrected chi connectivity index (χ2v) is 3.89. The molecule has 2 rings (SSSR count). The summed E-state index contributed by atoms with van der Waals surface area (Å²) in [5.74, 6) is 0. The molecular weight excluding hydrogens is 256 g/mol. The minimum atomic E-state index is -0.750. The maximum atomic E-state index is 8.78. The Balaban J connectivity index is 2.81. The van der Waals surface area contributed by atoms with Crippen molar-refractivity contribution in [1.82, 2.24) is 10.2 Å². The third-order valence-electron chi connectivity index (χ3n) is 2.10. The van der Waals surface area contributed by atoms with E-state index < -0.39 is 6.04 Å². The standard InChI is InChI=1S/C10H7BrN4/c11-7-3-1-2-6-5-14-15-10(9(6)7)8(13)4-12/h1-3,5,8H,13H2. The van der Waals surface area contributed by atoms with Crippen molar-refractivity contribution >= 4 is 26.7 Å². The third kappa shape index (κ3) is 1.69. The number of benzene rings is 1. The lowest BCUT2D eigenvalue weighted by Crippen LogP contribution is -2.11. The fourth-order valence-electron chi connectivity index (χ4n) is 1.40. The number of halogens is 1. The van der Waals surface area contributed by atoms with Gasteiger partial charge < -0.3 is 5.73 Å². The molecule has 0 amide bonds. The van der Waals surface area contributed by atoms with Gasteiger partial charge >= 0.3 is 0 Å². The van der Waals surface area contributed by atoms with Crippen molar-refractivity contribution in [1.29, 1.82) is 5.26 Å². The number of nitrogens with zero attached hydrogens (tertiary/aromatic N) is 3. The molecule has 0 radical (unpaired) electrons. The average Bonchev–Trinajstić information content (AvgIpc) is 2.28. The lowest BCUT2D eigenvalue weighted by atomic mass is 10.1. The van der Waals surface area contributed by atoms with E-state index in [1.807, 2.05) is 24.3 Å². The van der Waals surface area contributed by atoms with Gasteiger partial charge in [-0.15, -0.1) is 0 Å². The van der Waals surface area contributed by atoms with Crippen LogP contribution in [-0.4, -0.2) is 10.2 Å². The Hall–Kier alpha value is -1.51. The lowest BCUT2D eigenvalue weighted by Gasteiger charge is -2.07. The van der Waals surface area contributed by atoms with Crippen LogP contribution in [0.15, 0.2) is 28.9 Å². The van der Waals surface area contributed by atoms with Crippen LogP contribution in [-0.2, 0) is 0 Å². The van der Waals surface area contributed by atoms with Crippen molar-refractivity contribution in [2.24, 2.45) is 5.73 Å². The molecule has 0 fully saturated rings. The molecule has 0 aliphatic rings. The first-order chi connectivity index (χ1) is 7.24. The smallest absolute Gasteiger partial charge is 0.138 e. The first kappa shape index (κ1) is 10.0. The molecule has 0 bridgehead atoms. The highest BCUT2D eigenvalue weighted by molar-refractivity contribution is 9.10. The summed E-state index contributed by atoms with van der Waals surface area (Å²) in [6, 6.07) is 6.90. The van der Waals surface area contributed by atoms with Crippen LogP contribution in [0, 0.1) is 11.3 Å². The Kier molecular flexibility index (Phi) is 2.62. The molecule has 15 heavy (non-hydrogen) atoms. The molecule has 1 aromatic carbocycles. The highest BCUT2D eigenvalue weighted by atomic mass is 79.9. The largest absolute Gasteiger partial charge is 0.311 e. The average molecular weight is 263 g/mol. The zero-order chi connectivity index (χ0) is 10.8. The number of nitrogens with two attached hydrogens (primary N) is 1. The molecule has 74 valence electrons. The maximum absolute atomic E-state index is 8.78. The van der Waals surface area contributed by atoms with E-state index in [4.69, 9.17) is 11.0 Å². The Labute approximate surface area is 94.9 Å². The predicted octanol–water partition coefficient (Wildman–Crippen LogP) is 1.92. The molecule has 2 N–H and O–H groups in total. The third-order valence-corrected chi connectivity index (χ3v) is 2.76. The molecule has 0 saturated carbocycles. The van der Waals surface area contributed by atoms with Crippen molar-refractivity contribution in [3.63, 3.8) is 0 Å². The topological polar surface area (TPSA) is 75.6 Å². The van der Waals surface area contributed by atoms with Gasteiger partial charge in [-0.25, -0.2) is 0 Å². The van der Waals surface area contributed by atoms with Gasteiger partial charge in [-0.2, -0.15) is 15.5 Å². The Morgan fingerprint density at radius 2 is 2.27 bits per heavy atom. The van der Waals surface area contributed by atoms with Crippen molar-refractivity contribution < 1.29 is 0 Å². The Bertz CT molecular complexity index is 541. The number of aromatic nitrogens is 2. The van der Waals surface area contributed by atoms with Gasteiger partial charge in [0.25, 0.3) is 0 Å². The lowest BCUT2D eigenvalue weighted by molar-refractivity contribution is 0.841. The number of hydrogen-bond acceptors (Lipinski definition) is 4. The predicted molar refractivity (Wildman–Crippen MR) is 59.8 cm³/mol. The molecule has 0 spiro atoms. The summed E-state index contributed by atoms with van der Waals surface area (Å²) in [5, 5.41) is 18.3. The molecule has 1 atom stereocenters. The van der Waals surface area contributed by atoms with Gasteiger partial charge in [-0.05, 0) is 6.07 Å². The molecule has 1 aromatic heterocycles. The molecule has 2 aromatic rings. The van der Waals surface area contributed by atoms with Gasteiger partial charge in [0.2, 0.25) is 0 Å². The van der Waals surface area contributed by atoms with Gasteiger partial charge in [-0.3, -0.25) is 0 Å². The van der Waals surface area contributed by atoms with E-state index in [9.17, 15) is 0 Å². The van der Waals surface area contributed by atoms with E-state index in [2.05, 4.69) is 26.1 Å². The molecular formula is C10H7BrN4. The number of hydrogen-bond donors (Lipinski definition) is 1. The van der Waals surface area contributed by atoms with Crippen LogP contribution in [0.4, 0.5) is 0 Å². The van der Waals surface area contributed by atoms with E-state index in [1.54, 1.807) is 6.20 Å².